The second kappa shape index (κ2) is 4.67. The highest BCUT2D eigenvalue weighted by Gasteiger charge is 2.20. The summed E-state index contributed by atoms with van der Waals surface area (Å²) in [6.45, 7) is 3.27. The van der Waals surface area contributed by atoms with Gasteiger partial charge in [0, 0.05) is 30.9 Å². The molecule has 1 aliphatic rings. The third-order valence-electron chi connectivity index (χ3n) is 3.04. The average molecular weight is 236 g/mol. The maximum absolute atomic E-state index is 10.9. The van der Waals surface area contributed by atoms with Gasteiger partial charge in [-0.2, -0.15) is 0 Å². The topological polar surface area (TPSA) is 85.3 Å². The lowest BCUT2D eigenvalue weighted by atomic mass is 10.1. The Hall–Kier alpha value is -1.69. The summed E-state index contributed by atoms with van der Waals surface area (Å²) >= 11 is 0. The van der Waals surface area contributed by atoms with Gasteiger partial charge in [0.05, 0.1) is 11.0 Å². The lowest BCUT2D eigenvalue weighted by Gasteiger charge is -2.31. The van der Waals surface area contributed by atoms with E-state index in [1.165, 1.54) is 6.07 Å². The van der Waals surface area contributed by atoms with E-state index in [1.807, 2.05) is 4.90 Å². The predicted octanol–water partition coefficient (Wildman–Crippen LogP) is 1.23. The zero-order valence-corrected chi connectivity index (χ0v) is 9.80. The summed E-state index contributed by atoms with van der Waals surface area (Å²) in [5.41, 5.74) is 6.59. The van der Waals surface area contributed by atoms with Crippen molar-refractivity contribution in [2.75, 3.05) is 18.0 Å². The molecule has 1 atom stereocenters. The quantitative estimate of drug-likeness (QED) is 0.616. The summed E-state index contributed by atoms with van der Waals surface area (Å²) in [6.07, 6.45) is 3.56. The van der Waals surface area contributed by atoms with Crippen molar-refractivity contribution in [3.8, 4) is 0 Å². The molecule has 6 nitrogen and oxygen atoms in total. The molecule has 17 heavy (non-hydrogen) atoms. The predicted molar refractivity (Wildman–Crippen MR) is 65.1 cm³/mol. The summed E-state index contributed by atoms with van der Waals surface area (Å²) in [5.74, 6) is 0.650. The number of nitrogens with two attached hydrogens (primary N) is 1. The van der Waals surface area contributed by atoms with Gasteiger partial charge in [0.1, 0.15) is 5.82 Å². The molecule has 6 heteroatoms. The normalized spacial score (nSPS) is 20.4. The highest BCUT2D eigenvalue weighted by molar-refractivity contribution is 5.51. The van der Waals surface area contributed by atoms with Crippen LogP contribution in [0.2, 0.25) is 0 Å². The van der Waals surface area contributed by atoms with Crippen LogP contribution >= 0.6 is 0 Å². The van der Waals surface area contributed by atoms with Crippen LogP contribution in [0.5, 0.6) is 0 Å². The van der Waals surface area contributed by atoms with E-state index in [1.54, 1.807) is 13.1 Å². The number of nitrogens with zero attached hydrogens (tertiary/aromatic N) is 3. The fourth-order valence-electron chi connectivity index (χ4n) is 2.09. The Morgan fingerprint density at radius 2 is 2.41 bits per heavy atom. The van der Waals surface area contributed by atoms with E-state index in [4.69, 9.17) is 5.73 Å². The molecule has 2 heterocycles. The SMILES string of the molecule is Cc1cnc(N2CCCC(N)C2)cc1[N+](=O)[O-]. The zero-order valence-electron chi connectivity index (χ0n) is 9.80. The number of aromatic nitrogens is 1. The first-order valence-electron chi connectivity index (χ1n) is 5.69. The largest absolute Gasteiger partial charge is 0.355 e. The van der Waals surface area contributed by atoms with Gasteiger partial charge in [-0.3, -0.25) is 10.1 Å². The second-order valence-electron chi connectivity index (χ2n) is 4.43. The average Bonchev–Trinajstić information content (AvgIpc) is 2.29. The molecule has 1 fully saturated rings. The molecule has 1 aliphatic heterocycles. The van der Waals surface area contributed by atoms with Crippen molar-refractivity contribution in [1.82, 2.24) is 4.98 Å². The van der Waals surface area contributed by atoms with Crippen LogP contribution in [0.15, 0.2) is 12.3 Å². The molecule has 0 aliphatic carbocycles. The van der Waals surface area contributed by atoms with Gasteiger partial charge in [0.25, 0.3) is 5.69 Å². The summed E-state index contributed by atoms with van der Waals surface area (Å²) in [6, 6.07) is 1.67. The number of piperidine rings is 1. The Morgan fingerprint density at radius 1 is 1.65 bits per heavy atom. The van der Waals surface area contributed by atoms with Gasteiger partial charge >= 0.3 is 0 Å². The zero-order chi connectivity index (χ0) is 12.4. The molecule has 2 rings (SSSR count). The monoisotopic (exact) mass is 236 g/mol. The molecule has 0 spiro atoms. The number of rotatable bonds is 2. The molecule has 1 aromatic heterocycles. The molecule has 0 bridgehead atoms. The third kappa shape index (κ3) is 2.52. The van der Waals surface area contributed by atoms with E-state index in [0.717, 1.165) is 19.4 Å². The van der Waals surface area contributed by atoms with E-state index >= 15 is 0 Å². The van der Waals surface area contributed by atoms with Crippen LogP contribution < -0.4 is 10.6 Å². The highest BCUT2D eigenvalue weighted by atomic mass is 16.6. The maximum Gasteiger partial charge on any atom is 0.277 e. The Balaban J connectivity index is 2.26. The fourth-order valence-corrected chi connectivity index (χ4v) is 2.09. The molecular formula is C11H16N4O2. The van der Waals surface area contributed by atoms with E-state index in [-0.39, 0.29) is 16.7 Å². The minimum Gasteiger partial charge on any atom is -0.355 e. The van der Waals surface area contributed by atoms with Crippen LogP contribution in [0.3, 0.4) is 0 Å². The molecule has 1 saturated heterocycles. The Morgan fingerprint density at radius 3 is 3.06 bits per heavy atom. The van der Waals surface area contributed by atoms with E-state index < -0.39 is 0 Å². The molecule has 0 aromatic carbocycles. The van der Waals surface area contributed by atoms with Crippen molar-refractivity contribution < 1.29 is 4.92 Å². The minimum absolute atomic E-state index is 0.120. The first-order chi connectivity index (χ1) is 8.08. The second-order valence-corrected chi connectivity index (χ2v) is 4.43. The lowest BCUT2D eigenvalue weighted by molar-refractivity contribution is -0.385. The first kappa shape index (κ1) is 11.8. The Kier molecular flexibility index (Phi) is 3.23. The minimum atomic E-state index is -0.371. The number of hydrogen-bond donors (Lipinski definition) is 1. The lowest BCUT2D eigenvalue weighted by Crippen LogP contribution is -2.43. The fraction of sp³-hybridized carbons (Fsp3) is 0.545. The van der Waals surface area contributed by atoms with Crippen molar-refractivity contribution in [3.63, 3.8) is 0 Å². The summed E-state index contributed by atoms with van der Waals surface area (Å²) in [7, 11) is 0. The number of pyridine rings is 1. The molecule has 1 aromatic rings. The van der Waals surface area contributed by atoms with Crippen molar-refractivity contribution in [2.45, 2.75) is 25.8 Å². The van der Waals surface area contributed by atoms with Gasteiger partial charge in [0.15, 0.2) is 0 Å². The van der Waals surface area contributed by atoms with Crippen LogP contribution in [-0.2, 0) is 0 Å². The number of nitro groups is 1. The molecule has 0 saturated carbocycles. The van der Waals surface area contributed by atoms with Gasteiger partial charge in [0.2, 0.25) is 0 Å². The van der Waals surface area contributed by atoms with Crippen LogP contribution in [0, 0.1) is 17.0 Å². The first-order valence-corrected chi connectivity index (χ1v) is 5.69. The van der Waals surface area contributed by atoms with Crippen molar-refractivity contribution in [3.05, 3.63) is 27.9 Å². The van der Waals surface area contributed by atoms with Gasteiger partial charge < -0.3 is 10.6 Å². The summed E-state index contributed by atoms with van der Waals surface area (Å²) in [5, 5.41) is 10.9. The molecule has 1 unspecified atom stereocenters. The Bertz CT molecular complexity index is 435. The van der Waals surface area contributed by atoms with E-state index in [2.05, 4.69) is 4.98 Å². The third-order valence-corrected chi connectivity index (χ3v) is 3.04. The van der Waals surface area contributed by atoms with Crippen LogP contribution in [0.25, 0.3) is 0 Å². The van der Waals surface area contributed by atoms with Gasteiger partial charge in [-0.05, 0) is 19.8 Å². The van der Waals surface area contributed by atoms with Crippen LogP contribution in [0.1, 0.15) is 18.4 Å². The van der Waals surface area contributed by atoms with Gasteiger partial charge in [-0.25, -0.2) is 4.98 Å². The van der Waals surface area contributed by atoms with Crippen molar-refractivity contribution in [2.24, 2.45) is 5.73 Å². The molecule has 0 radical (unpaired) electrons. The van der Waals surface area contributed by atoms with Gasteiger partial charge in [-0.1, -0.05) is 0 Å². The highest BCUT2D eigenvalue weighted by Crippen LogP contribution is 2.24. The summed E-state index contributed by atoms with van der Waals surface area (Å²) < 4.78 is 0. The van der Waals surface area contributed by atoms with E-state index in [9.17, 15) is 10.1 Å². The van der Waals surface area contributed by atoms with Crippen molar-refractivity contribution >= 4 is 11.5 Å². The molecular weight excluding hydrogens is 220 g/mol. The maximum atomic E-state index is 10.9. The number of anilines is 1. The Labute approximate surface area is 99.6 Å². The van der Waals surface area contributed by atoms with Crippen LogP contribution in [0.4, 0.5) is 11.5 Å². The number of hydrogen-bond acceptors (Lipinski definition) is 5. The van der Waals surface area contributed by atoms with Gasteiger partial charge in [-0.15, -0.1) is 0 Å². The molecule has 92 valence electrons. The van der Waals surface area contributed by atoms with Crippen molar-refractivity contribution in [1.29, 1.82) is 0 Å². The number of aryl methyl sites for hydroxylation is 1. The van der Waals surface area contributed by atoms with E-state index in [0.29, 0.717) is 17.9 Å². The molecule has 0 amide bonds. The van der Waals surface area contributed by atoms with Crippen LogP contribution in [-0.4, -0.2) is 29.0 Å². The summed E-state index contributed by atoms with van der Waals surface area (Å²) in [4.78, 5) is 16.7. The standard InChI is InChI=1S/C11H16N4O2/c1-8-6-13-11(5-10(8)15(16)17)14-4-2-3-9(12)7-14/h5-6,9H,2-4,7,12H2,1H3. The smallest absolute Gasteiger partial charge is 0.277 e. The molecule has 2 N–H and O–H groups in total.